The van der Waals surface area contributed by atoms with E-state index in [2.05, 4.69) is 11.1 Å². The third-order valence-electron chi connectivity index (χ3n) is 5.32. The summed E-state index contributed by atoms with van der Waals surface area (Å²) in [6.07, 6.45) is 6.98. The van der Waals surface area contributed by atoms with Crippen molar-refractivity contribution in [3.05, 3.63) is 52.8 Å². The van der Waals surface area contributed by atoms with Crippen molar-refractivity contribution in [2.45, 2.75) is 38.6 Å². The quantitative estimate of drug-likeness (QED) is 0.849. The molecular weight excluding hydrogens is 328 g/mol. The average Bonchev–Trinajstić information content (AvgIpc) is 2.71. The second-order valence-corrected chi connectivity index (χ2v) is 6.93. The predicted octanol–water partition coefficient (Wildman–Crippen LogP) is 2.93. The minimum Gasteiger partial charge on any atom is -0.497 e. The molecule has 2 aromatic rings. The Morgan fingerprint density at radius 3 is 2.92 bits per heavy atom. The van der Waals surface area contributed by atoms with Gasteiger partial charge in [-0.2, -0.15) is 0 Å². The number of hydrogen-bond acceptors (Lipinski definition) is 4. The SMILES string of the molecule is COc1ccc2c(c1)CCN(C(=O)COc1ccnc3c1CCCC3)C2. The highest BCUT2D eigenvalue weighted by Gasteiger charge is 2.22. The maximum atomic E-state index is 12.6. The lowest BCUT2D eigenvalue weighted by atomic mass is 9.95. The number of rotatable bonds is 4. The van der Waals surface area contributed by atoms with Gasteiger partial charge in [0.1, 0.15) is 11.5 Å². The molecule has 1 amide bonds. The Hall–Kier alpha value is -2.56. The van der Waals surface area contributed by atoms with Crippen LogP contribution >= 0.6 is 0 Å². The lowest BCUT2D eigenvalue weighted by Gasteiger charge is -2.29. The molecule has 1 aromatic heterocycles. The van der Waals surface area contributed by atoms with Crippen molar-refractivity contribution < 1.29 is 14.3 Å². The van der Waals surface area contributed by atoms with E-state index in [0.29, 0.717) is 6.54 Å². The van der Waals surface area contributed by atoms with Crippen molar-refractivity contribution in [3.63, 3.8) is 0 Å². The van der Waals surface area contributed by atoms with Gasteiger partial charge in [0.15, 0.2) is 6.61 Å². The molecule has 2 heterocycles. The molecule has 2 aliphatic rings. The van der Waals surface area contributed by atoms with E-state index in [9.17, 15) is 4.79 Å². The van der Waals surface area contributed by atoms with E-state index < -0.39 is 0 Å². The van der Waals surface area contributed by atoms with Gasteiger partial charge in [-0.3, -0.25) is 9.78 Å². The first-order valence-electron chi connectivity index (χ1n) is 9.27. The zero-order valence-corrected chi connectivity index (χ0v) is 15.2. The highest BCUT2D eigenvalue weighted by Crippen LogP contribution is 2.28. The maximum absolute atomic E-state index is 12.6. The summed E-state index contributed by atoms with van der Waals surface area (Å²) >= 11 is 0. The number of nitrogens with zero attached hydrogens (tertiary/aromatic N) is 2. The number of fused-ring (bicyclic) bond motifs is 2. The molecule has 26 heavy (non-hydrogen) atoms. The first-order chi connectivity index (χ1) is 12.7. The van der Waals surface area contributed by atoms with Crippen LogP contribution in [0.1, 0.15) is 35.2 Å². The number of pyridine rings is 1. The van der Waals surface area contributed by atoms with E-state index in [-0.39, 0.29) is 12.5 Å². The molecule has 0 unspecified atom stereocenters. The van der Waals surface area contributed by atoms with Gasteiger partial charge in [0, 0.05) is 30.5 Å². The molecule has 0 spiro atoms. The van der Waals surface area contributed by atoms with Gasteiger partial charge in [0.2, 0.25) is 0 Å². The van der Waals surface area contributed by atoms with Crippen LogP contribution in [0.4, 0.5) is 0 Å². The predicted molar refractivity (Wildman–Crippen MR) is 98.5 cm³/mol. The molecule has 1 aliphatic heterocycles. The molecule has 4 rings (SSSR count). The van der Waals surface area contributed by atoms with Crippen molar-refractivity contribution in [2.24, 2.45) is 0 Å². The van der Waals surface area contributed by atoms with Gasteiger partial charge in [0.05, 0.1) is 7.11 Å². The average molecular weight is 352 g/mol. The van der Waals surface area contributed by atoms with Gasteiger partial charge in [-0.05, 0) is 61.4 Å². The molecule has 0 radical (unpaired) electrons. The van der Waals surface area contributed by atoms with E-state index in [4.69, 9.17) is 9.47 Å². The van der Waals surface area contributed by atoms with Gasteiger partial charge >= 0.3 is 0 Å². The lowest BCUT2D eigenvalue weighted by molar-refractivity contribution is -0.134. The van der Waals surface area contributed by atoms with Crippen LogP contribution < -0.4 is 9.47 Å². The molecule has 0 N–H and O–H groups in total. The van der Waals surface area contributed by atoms with Crippen molar-refractivity contribution in [3.8, 4) is 11.5 Å². The Morgan fingerprint density at radius 2 is 2.04 bits per heavy atom. The Balaban J connectivity index is 1.40. The largest absolute Gasteiger partial charge is 0.497 e. The number of carbonyl (C=O) groups excluding carboxylic acids is 1. The zero-order chi connectivity index (χ0) is 17.9. The molecular formula is C21H24N2O3. The molecule has 0 bridgehead atoms. The topological polar surface area (TPSA) is 51.7 Å². The Labute approximate surface area is 153 Å². The van der Waals surface area contributed by atoms with E-state index in [1.807, 2.05) is 23.1 Å². The second kappa shape index (κ2) is 7.36. The van der Waals surface area contributed by atoms with E-state index in [0.717, 1.165) is 49.4 Å². The third kappa shape index (κ3) is 3.39. The minimum atomic E-state index is 0.0350. The summed E-state index contributed by atoms with van der Waals surface area (Å²) in [6, 6.07) is 7.95. The van der Waals surface area contributed by atoms with Gasteiger partial charge in [0.25, 0.3) is 5.91 Å². The smallest absolute Gasteiger partial charge is 0.260 e. The first kappa shape index (κ1) is 16.9. The van der Waals surface area contributed by atoms with Gasteiger partial charge in [-0.15, -0.1) is 0 Å². The van der Waals surface area contributed by atoms with Crippen LogP contribution in [-0.2, 0) is 30.6 Å². The Kier molecular flexibility index (Phi) is 4.78. The number of aryl methyl sites for hydroxylation is 1. The molecule has 1 aliphatic carbocycles. The van der Waals surface area contributed by atoms with Gasteiger partial charge in [-0.1, -0.05) is 6.07 Å². The number of carbonyl (C=O) groups is 1. The van der Waals surface area contributed by atoms with Crippen molar-refractivity contribution >= 4 is 5.91 Å². The molecule has 0 saturated heterocycles. The molecule has 5 heteroatoms. The Bertz CT molecular complexity index is 819. The molecule has 0 fully saturated rings. The monoisotopic (exact) mass is 352 g/mol. The van der Waals surface area contributed by atoms with Gasteiger partial charge in [-0.25, -0.2) is 0 Å². The highest BCUT2D eigenvalue weighted by atomic mass is 16.5. The highest BCUT2D eigenvalue weighted by molar-refractivity contribution is 5.78. The molecule has 136 valence electrons. The summed E-state index contributed by atoms with van der Waals surface area (Å²) in [5, 5.41) is 0. The number of aromatic nitrogens is 1. The zero-order valence-electron chi connectivity index (χ0n) is 15.2. The normalized spacial score (nSPS) is 15.8. The Morgan fingerprint density at radius 1 is 1.15 bits per heavy atom. The number of methoxy groups -OCH3 is 1. The van der Waals surface area contributed by atoms with Crippen LogP contribution in [0.5, 0.6) is 11.5 Å². The van der Waals surface area contributed by atoms with E-state index >= 15 is 0 Å². The second-order valence-electron chi connectivity index (χ2n) is 6.93. The van der Waals surface area contributed by atoms with Crippen LogP contribution in [0.25, 0.3) is 0 Å². The van der Waals surface area contributed by atoms with Crippen molar-refractivity contribution in [1.29, 1.82) is 0 Å². The first-order valence-corrected chi connectivity index (χ1v) is 9.27. The van der Waals surface area contributed by atoms with Crippen molar-refractivity contribution in [2.75, 3.05) is 20.3 Å². The summed E-state index contributed by atoms with van der Waals surface area (Å²) in [5.74, 6) is 1.73. The third-order valence-corrected chi connectivity index (χ3v) is 5.32. The fourth-order valence-electron chi connectivity index (χ4n) is 3.83. The number of ether oxygens (including phenoxy) is 2. The molecule has 0 saturated carbocycles. The number of benzene rings is 1. The van der Waals surface area contributed by atoms with Crippen LogP contribution in [0.2, 0.25) is 0 Å². The van der Waals surface area contributed by atoms with E-state index in [1.54, 1.807) is 13.3 Å². The minimum absolute atomic E-state index is 0.0350. The fraction of sp³-hybridized carbons (Fsp3) is 0.429. The molecule has 1 aromatic carbocycles. The lowest BCUT2D eigenvalue weighted by Crippen LogP contribution is -2.38. The maximum Gasteiger partial charge on any atom is 0.260 e. The van der Waals surface area contributed by atoms with Crippen LogP contribution in [0.15, 0.2) is 30.5 Å². The van der Waals surface area contributed by atoms with Gasteiger partial charge < -0.3 is 14.4 Å². The molecule has 5 nitrogen and oxygen atoms in total. The summed E-state index contributed by atoms with van der Waals surface area (Å²) in [5.41, 5.74) is 4.76. The van der Waals surface area contributed by atoms with Crippen molar-refractivity contribution in [1.82, 2.24) is 9.88 Å². The standard InChI is InChI=1S/C21H24N2O3/c1-25-17-7-6-16-13-23(11-9-15(16)12-17)21(24)14-26-20-8-10-22-19-5-3-2-4-18(19)20/h6-8,10,12H,2-5,9,11,13-14H2,1H3. The molecule has 0 atom stereocenters. The number of amides is 1. The fourth-order valence-corrected chi connectivity index (χ4v) is 3.83. The summed E-state index contributed by atoms with van der Waals surface area (Å²) in [6.45, 7) is 1.44. The van der Waals surface area contributed by atoms with E-state index in [1.165, 1.54) is 23.1 Å². The summed E-state index contributed by atoms with van der Waals surface area (Å²) in [7, 11) is 1.68. The summed E-state index contributed by atoms with van der Waals surface area (Å²) < 4.78 is 11.2. The van der Waals surface area contributed by atoms with Crippen LogP contribution in [0, 0.1) is 0 Å². The van der Waals surface area contributed by atoms with Crippen LogP contribution in [0.3, 0.4) is 0 Å². The number of hydrogen-bond donors (Lipinski definition) is 0. The van der Waals surface area contributed by atoms with Crippen LogP contribution in [-0.4, -0.2) is 36.1 Å². The summed E-state index contributed by atoms with van der Waals surface area (Å²) in [4.78, 5) is 19.0.